The Balaban J connectivity index is 1.55. The zero-order chi connectivity index (χ0) is 29.1. The fraction of sp³-hybridized carbons (Fsp3) is 0.355. The number of carbonyl (C=O) groups is 2. The van der Waals surface area contributed by atoms with Crippen molar-refractivity contribution in [3.8, 4) is 28.4 Å². The van der Waals surface area contributed by atoms with E-state index in [-0.39, 0.29) is 5.91 Å². The number of carbonyl (C=O) groups excluding carboxylic acids is 2. The molecule has 2 heterocycles. The molecule has 0 unspecified atom stereocenters. The molecule has 3 aromatic carbocycles. The molecule has 0 saturated carbocycles. The van der Waals surface area contributed by atoms with Crippen molar-refractivity contribution < 1.29 is 28.5 Å². The summed E-state index contributed by atoms with van der Waals surface area (Å²) >= 11 is 0. The van der Waals surface area contributed by atoms with Crippen LogP contribution in [-0.4, -0.2) is 70.0 Å². The van der Waals surface area contributed by atoms with Gasteiger partial charge in [0.05, 0.1) is 44.5 Å². The maximum Gasteiger partial charge on any atom is 0.415 e. The Labute approximate surface area is 240 Å². The molecule has 0 radical (unpaired) electrons. The molecule has 2 N–H and O–H groups in total. The van der Waals surface area contributed by atoms with Crippen LogP contribution in [0.1, 0.15) is 19.4 Å². The van der Waals surface area contributed by atoms with E-state index in [9.17, 15) is 9.59 Å². The summed E-state index contributed by atoms with van der Waals surface area (Å²) in [5.41, 5.74) is 4.27. The maximum absolute atomic E-state index is 13.3. The van der Waals surface area contributed by atoms with E-state index in [4.69, 9.17) is 18.9 Å². The van der Waals surface area contributed by atoms with Crippen LogP contribution in [-0.2, 0) is 16.1 Å². The van der Waals surface area contributed by atoms with Crippen molar-refractivity contribution in [2.75, 3.05) is 63.1 Å². The second kappa shape index (κ2) is 11.6. The number of methoxy groups -OCH3 is 2. The summed E-state index contributed by atoms with van der Waals surface area (Å²) in [6.07, 6.45) is -0.424. The third kappa shape index (κ3) is 5.60. The minimum absolute atomic E-state index is 0.0435. The number of para-hydroxylation sites is 2. The Morgan fingerprint density at radius 2 is 1.71 bits per heavy atom. The molecule has 5 rings (SSSR count). The topological polar surface area (TPSA) is 102 Å². The molecular formula is C31H36N4O6. The molecule has 2 aliphatic heterocycles. The molecule has 2 aliphatic rings. The van der Waals surface area contributed by atoms with Crippen molar-refractivity contribution in [1.29, 1.82) is 0 Å². The molecule has 1 fully saturated rings. The lowest BCUT2D eigenvalue weighted by Gasteiger charge is -2.40. The second-order valence-corrected chi connectivity index (χ2v) is 10.5. The Morgan fingerprint density at radius 1 is 1.00 bits per heavy atom. The normalized spacial score (nSPS) is 16.0. The lowest BCUT2D eigenvalue weighted by atomic mass is 9.91. The number of hydrogen-bond acceptors (Lipinski definition) is 8. The van der Waals surface area contributed by atoms with Crippen molar-refractivity contribution in [2.24, 2.45) is 0 Å². The average molecular weight is 561 g/mol. The summed E-state index contributed by atoms with van der Waals surface area (Å²) in [6.45, 7) is 6.10. The van der Waals surface area contributed by atoms with Crippen molar-refractivity contribution in [1.82, 2.24) is 4.90 Å². The number of morpholine rings is 1. The predicted octanol–water partition coefficient (Wildman–Crippen LogP) is 4.98. The first-order valence-corrected chi connectivity index (χ1v) is 13.6. The molecule has 0 aromatic heterocycles. The Morgan fingerprint density at radius 3 is 2.44 bits per heavy atom. The summed E-state index contributed by atoms with van der Waals surface area (Å²) in [5.74, 6) is 1.59. The number of fused-ring (bicyclic) bond motifs is 1. The zero-order valence-corrected chi connectivity index (χ0v) is 24.1. The Kier molecular flexibility index (Phi) is 7.94. The SMILES string of the molecule is COc1ccccc1NCc1c(-c2ccc(OC(=O)N3CCOCC3)cc2OC)ccc2c1N(C)C(=O)C(C)(C)N2. The molecule has 3 aromatic rings. The van der Waals surface area contributed by atoms with Crippen LogP contribution in [0, 0.1) is 0 Å². The van der Waals surface area contributed by atoms with Crippen LogP contribution >= 0.6 is 0 Å². The van der Waals surface area contributed by atoms with Crippen LogP contribution in [0.3, 0.4) is 0 Å². The third-order valence-corrected chi connectivity index (χ3v) is 7.40. The van der Waals surface area contributed by atoms with Gasteiger partial charge in [0.1, 0.15) is 22.8 Å². The summed E-state index contributed by atoms with van der Waals surface area (Å²) in [4.78, 5) is 29.3. The second-order valence-electron chi connectivity index (χ2n) is 10.5. The lowest BCUT2D eigenvalue weighted by molar-refractivity contribution is -0.121. The molecule has 0 spiro atoms. The molecule has 2 amide bonds. The Hall–Kier alpha value is -4.44. The molecule has 216 valence electrons. The fourth-order valence-corrected chi connectivity index (χ4v) is 5.31. The van der Waals surface area contributed by atoms with Gasteiger partial charge in [0.25, 0.3) is 5.91 Å². The summed E-state index contributed by atoms with van der Waals surface area (Å²) in [7, 11) is 5.01. The van der Waals surface area contributed by atoms with Gasteiger partial charge in [-0.3, -0.25) is 4.79 Å². The van der Waals surface area contributed by atoms with Gasteiger partial charge < -0.3 is 39.4 Å². The minimum Gasteiger partial charge on any atom is -0.496 e. The number of likely N-dealkylation sites (N-methyl/N-ethyl adjacent to an activating group) is 1. The summed E-state index contributed by atoms with van der Waals surface area (Å²) < 4.78 is 22.3. The van der Waals surface area contributed by atoms with Gasteiger partial charge in [-0.1, -0.05) is 18.2 Å². The van der Waals surface area contributed by atoms with Crippen LogP contribution in [0.2, 0.25) is 0 Å². The van der Waals surface area contributed by atoms with E-state index in [1.165, 1.54) is 0 Å². The molecule has 0 atom stereocenters. The van der Waals surface area contributed by atoms with Gasteiger partial charge in [0.2, 0.25) is 0 Å². The monoisotopic (exact) mass is 560 g/mol. The van der Waals surface area contributed by atoms with Gasteiger partial charge >= 0.3 is 6.09 Å². The van der Waals surface area contributed by atoms with E-state index in [1.54, 1.807) is 43.2 Å². The molecule has 41 heavy (non-hydrogen) atoms. The van der Waals surface area contributed by atoms with Crippen LogP contribution in [0.4, 0.5) is 21.9 Å². The predicted molar refractivity (Wildman–Crippen MR) is 158 cm³/mol. The fourth-order valence-electron chi connectivity index (χ4n) is 5.31. The molecule has 0 bridgehead atoms. The van der Waals surface area contributed by atoms with Gasteiger partial charge in [-0.2, -0.15) is 0 Å². The number of hydrogen-bond donors (Lipinski definition) is 2. The van der Waals surface area contributed by atoms with E-state index in [2.05, 4.69) is 10.6 Å². The zero-order valence-electron chi connectivity index (χ0n) is 24.1. The molecule has 10 nitrogen and oxygen atoms in total. The van der Waals surface area contributed by atoms with Crippen LogP contribution in [0.25, 0.3) is 11.1 Å². The number of ether oxygens (including phenoxy) is 4. The number of benzene rings is 3. The van der Waals surface area contributed by atoms with E-state index in [0.717, 1.165) is 33.8 Å². The maximum atomic E-state index is 13.3. The van der Waals surface area contributed by atoms with Gasteiger partial charge in [0, 0.05) is 43.9 Å². The van der Waals surface area contributed by atoms with Gasteiger partial charge in [0.15, 0.2) is 0 Å². The van der Waals surface area contributed by atoms with Gasteiger partial charge in [-0.05, 0) is 49.7 Å². The highest BCUT2D eigenvalue weighted by molar-refractivity contribution is 6.09. The van der Waals surface area contributed by atoms with Crippen molar-refractivity contribution in [3.63, 3.8) is 0 Å². The lowest BCUT2D eigenvalue weighted by Crippen LogP contribution is -2.52. The van der Waals surface area contributed by atoms with Gasteiger partial charge in [-0.15, -0.1) is 0 Å². The summed E-state index contributed by atoms with van der Waals surface area (Å²) in [5, 5.41) is 6.89. The number of rotatable bonds is 7. The smallest absolute Gasteiger partial charge is 0.415 e. The van der Waals surface area contributed by atoms with Crippen molar-refractivity contribution in [2.45, 2.75) is 25.9 Å². The highest BCUT2D eigenvalue weighted by Crippen LogP contribution is 2.45. The molecule has 10 heteroatoms. The average Bonchev–Trinajstić information content (AvgIpc) is 2.99. The number of amides is 2. The largest absolute Gasteiger partial charge is 0.496 e. The van der Waals surface area contributed by atoms with Crippen LogP contribution in [0.5, 0.6) is 17.2 Å². The van der Waals surface area contributed by atoms with E-state index in [1.807, 2.05) is 56.3 Å². The van der Waals surface area contributed by atoms with Gasteiger partial charge in [-0.25, -0.2) is 4.79 Å². The third-order valence-electron chi connectivity index (χ3n) is 7.40. The molecule has 0 aliphatic carbocycles. The quantitative estimate of drug-likeness (QED) is 0.417. The number of anilines is 3. The summed E-state index contributed by atoms with van der Waals surface area (Å²) in [6, 6.07) is 17.0. The number of nitrogens with zero attached hydrogens (tertiary/aromatic N) is 2. The first-order chi connectivity index (χ1) is 19.7. The highest BCUT2D eigenvalue weighted by Gasteiger charge is 2.38. The first kappa shape index (κ1) is 28.1. The Bertz CT molecular complexity index is 1450. The first-order valence-electron chi connectivity index (χ1n) is 13.6. The highest BCUT2D eigenvalue weighted by atomic mass is 16.6. The minimum atomic E-state index is -0.750. The van der Waals surface area contributed by atoms with Crippen LogP contribution in [0.15, 0.2) is 54.6 Å². The van der Waals surface area contributed by atoms with Crippen LogP contribution < -0.4 is 29.7 Å². The van der Waals surface area contributed by atoms with Crippen molar-refractivity contribution >= 4 is 29.1 Å². The van der Waals surface area contributed by atoms with E-state index < -0.39 is 11.6 Å². The van der Waals surface area contributed by atoms with E-state index >= 15 is 0 Å². The van der Waals surface area contributed by atoms with Crippen molar-refractivity contribution in [3.05, 3.63) is 60.2 Å². The molecular weight excluding hydrogens is 524 g/mol. The molecule has 1 saturated heterocycles. The van der Waals surface area contributed by atoms with E-state index in [0.29, 0.717) is 50.1 Å². The standard InChI is InChI=1S/C31H36N4O6/c1-31(2)29(36)34(3)28-23(19-32-24-8-6-7-9-26(24)38-4)21(12-13-25(28)33-31)22-11-10-20(18-27(22)39-5)41-30(37)35-14-16-40-17-15-35/h6-13,18,32-33H,14-17,19H2,1-5H3. The number of nitrogens with one attached hydrogen (secondary N) is 2.